The normalized spacial score (nSPS) is 12.3. The topological polar surface area (TPSA) is 177 Å². The van der Waals surface area contributed by atoms with Gasteiger partial charge < -0.3 is 25.4 Å². The summed E-state index contributed by atoms with van der Waals surface area (Å²) in [6.07, 6.45) is -0.830. The molecule has 1 unspecified atom stereocenters. The summed E-state index contributed by atoms with van der Waals surface area (Å²) in [5, 5.41) is 17.2. The van der Waals surface area contributed by atoms with Crippen molar-refractivity contribution in [1.82, 2.24) is 0 Å². The quantitative estimate of drug-likeness (QED) is 0.343. The number of methoxy groups -OCH3 is 1. The van der Waals surface area contributed by atoms with Crippen molar-refractivity contribution in [3.63, 3.8) is 0 Å². The van der Waals surface area contributed by atoms with Crippen LogP contribution in [0.15, 0.2) is 12.1 Å². The Morgan fingerprint density at radius 1 is 1.27 bits per heavy atom. The predicted molar refractivity (Wildman–Crippen MR) is 91.9 cm³/mol. The van der Waals surface area contributed by atoms with E-state index in [1.807, 2.05) is 0 Å². The molecule has 0 amide bonds. The lowest BCUT2D eigenvalue weighted by molar-refractivity contribution is -0.139. The van der Waals surface area contributed by atoms with Crippen molar-refractivity contribution in [2.24, 2.45) is 5.73 Å². The average molecular weight is 411 g/mol. The summed E-state index contributed by atoms with van der Waals surface area (Å²) in [7, 11) is -2.95. The van der Waals surface area contributed by atoms with Crippen molar-refractivity contribution in [3.8, 4) is 11.5 Å². The first kappa shape index (κ1) is 22.1. The second kappa shape index (κ2) is 9.11. The van der Waals surface area contributed by atoms with Gasteiger partial charge in [-0.05, 0) is 12.1 Å². The van der Waals surface area contributed by atoms with Gasteiger partial charge in [0.25, 0.3) is 0 Å². The maximum atomic E-state index is 12.4. The second-order valence-corrected chi connectivity index (χ2v) is 7.89. The van der Waals surface area contributed by atoms with Crippen LogP contribution < -0.4 is 15.2 Å². The summed E-state index contributed by atoms with van der Waals surface area (Å²) in [6, 6.07) is 0.845. The maximum absolute atomic E-state index is 12.4. The standard InChI is InChI=1S/C14H17ClNO9P/c1-24-10-5-7(4-8(15)12(10)25-6-11(17)18)14(21)26(22,23)3-2-9(16)13(19)20/h4-5,9,22-23H,2-3,6,16H2,1H3,(H-,17,18,19,20)/p+1. The Labute approximate surface area is 153 Å². The highest BCUT2D eigenvalue weighted by atomic mass is 35.5. The van der Waals surface area contributed by atoms with Gasteiger partial charge in [0, 0.05) is 6.42 Å². The predicted octanol–water partition coefficient (Wildman–Crippen LogP) is 0.586. The highest BCUT2D eigenvalue weighted by molar-refractivity contribution is 7.81. The summed E-state index contributed by atoms with van der Waals surface area (Å²) in [5.41, 5.74) is 4.02. The Morgan fingerprint density at radius 3 is 2.38 bits per heavy atom. The fourth-order valence-electron chi connectivity index (χ4n) is 1.87. The summed E-state index contributed by atoms with van der Waals surface area (Å²) in [4.78, 5) is 53.7. The third-order valence-electron chi connectivity index (χ3n) is 3.21. The van der Waals surface area contributed by atoms with Gasteiger partial charge in [-0.15, -0.1) is 0 Å². The van der Waals surface area contributed by atoms with Crippen molar-refractivity contribution in [2.45, 2.75) is 12.5 Å². The average Bonchev–Trinajstić information content (AvgIpc) is 2.56. The number of rotatable bonds is 10. The van der Waals surface area contributed by atoms with Crippen LogP contribution in [-0.4, -0.2) is 63.4 Å². The number of carbonyl (C=O) groups excluding carboxylic acids is 1. The molecular formula is C14H18ClNO9P+. The van der Waals surface area contributed by atoms with Gasteiger partial charge in [0.05, 0.1) is 17.7 Å². The molecule has 0 fully saturated rings. The number of benzene rings is 1. The lowest BCUT2D eigenvalue weighted by atomic mass is 10.2. The third kappa shape index (κ3) is 5.79. The maximum Gasteiger partial charge on any atom is 0.356 e. The van der Waals surface area contributed by atoms with Gasteiger partial charge in [-0.3, -0.25) is 4.79 Å². The Hall–Kier alpha value is -1.97. The Balaban J connectivity index is 3.06. The molecule has 1 rings (SSSR count). The Kier molecular flexibility index (Phi) is 7.73. The fraction of sp³-hybridized carbons (Fsp3) is 0.357. The van der Waals surface area contributed by atoms with Gasteiger partial charge in [0.15, 0.2) is 18.1 Å². The molecule has 0 aliphatic rings. The van der Waals surface area contributed by atoms with E-state index < -0.39 is 44.0 Å². The molecule has 0 radical (unpaired) electrons. The fourth-order valence-corrected chi connectivity index (χ4v) is 3.52. The van der Waals surface area contributed by atoms with E-state index in [2.05, 4.69) is 0 Å². The number of carboxylic acids is 2. The number of hydrogen-bond acceptors (Lipinski definition) is 8. The van der Waals surface area contributed by atoms with E-state index in [0.29, 0.717) is 0 Å². The second-order valence-electron chi connectivity index (χ2n) is 5.16. The van der Waals surface area contributed by atoms with E-state index in [1.165, 1.54) is 7.11 Å². The molecule has 0 spiro atoms. The van der Waals surface area contributed by atoms with Crippen molar-refractivity contribution in [3.05, 3.63) is 22.7 Å². The van der Waals surface area contributed by atoms with Gasteiger partial charge in [0.2, 0.25) is 0 Å². The van der Waals surface area contributed by atoms with Crippen LogP contribution in [0.4, 0.5) is 0 Å². The molecule has 1 aromatic carbocycles. The van der Waals surface area contributed by atoms with E-state index in [0.717, 1.165) is 12.1 Å². The Bertz CT molecular complexity index is 710. The minimum Gasteiger partial charge on any atom is -0.493 e. The van der Waals surface area contributed by atoms with E-state index >= 15 is 0 Å². The van der Waals surface area contributed by atoms with Gasteiger partial charge in [-0.25, -0.2) is 19.4 Å². The number of halogens is 1. The number of carbonyl (C=O) groups is 3. The molecule has 6 N–H and O–H groups in total. The summed E-state index contributed by atoms with van der Waals surface area (Å²) < 4.78 is 9.97. The minimum atomic E-state index is -4.18. The van der Waals surface area contributed by atoms with E-state index in [-0.39, 0.29) is 28.5 Å². The van der Waals surface area contributed by atoms with Crippen LogP contribution in [0.5, 0.6) is 11.5 Å². The first-order chi connectivity index (χ1) is 12.0. The molecule has 0 aliphatic heterocycles. The zero-order valence-electron chi connectivity index (χ0n) is 13.6. The van der Waals surface area contributed by atoms with Crippen LogP contribution in [0, 0.1) is 0 Å². The SMILES string of the molecule is COc1cc(C(=O)[P+](O)(O)CCC(N)C(=O)O)cc(Cl)c1OCC(=O)O. The molecule has 0 saturated heterocycles. The van der Waals surface area contributed by atoms with Crippen molar-refractivity contribution >= 4 is 36.8 Å². The zero-order valence-corrected chi connectivity index (χ0v) is 15.2. The number of carboxylic acid groups (broad SMARTS) is 2. The zero-order chi connectivity index (χ0) is 20.1. The van der Waals surface area contributed by atoms with Crippen LogP contribution in [-0.2, 0) is 9.59 Å². The molecule has 0 saturated carbocycles. The van der Waals surface area contributed by atoms with Crippen molar-refractivity contribution in [2.75, 3.05) is 19.9 Å². The molecule has 1 aromatic rings. The molecule has 144 valence electrons. The highest BCUT2D eigenvalue weighted by Gasteiger charge is 2.45. The largest absolute Gasteiger partial charge is 0.493 e. The smallest absolute Gasteiger partial charge is 0.356 e. The summed E-state index contributed by atoms with van der Waals surface area (Å²) in [6.45, 7) is -0.701. The Morgan fingerprint density at radius 2 is 1.88 bits per heavy atom. The van der Waals surface area contributed by atoms with Crippen LogP contribution in [0.2, 0.25) is 5.02 Å². The number of hydrogen-bond donors (Lipinski definition) is 5. The van der Waals surface area contributed by atoms with Crippen molar-refractivity contribution in [1.29, 1.82) is 0 Å². The third-order valence-corrected chi connectivity index (χ3v) is 5.28. The molecule has 0 heterocycles. The van der Waals surface area contributed by atoms with E-state index in [4.69, 9.17) is 37.0 Å². The number of nitrogens with two attached hydrogens (primary N) is 1. The lowest BCUT2D eigenvalue weighted by Gasteiger charge is -2.15. The first-order valence-electron chi connectivity index (χ1n) is 7.08. The summed E-state index contributed by atoms with van der Waals surface area (Å²) >= 11 is 5.96. The van der Waals surface area contributed by atoms with Gasteiger partial charge in [0.1, 0.15) is 12.2 Å². The highest BCUT2D eigenvalue weighted by Crippen LogP contribution is 2.54. The first-order valence-corrected chi connectivity index (χ1v) is 9.34. The number of ether oxygens (including phenoxy) is 2. The van der Waals surface area contributed by atoms with Gasteiger partial charge in [-0.2, -0.15) is 0 Å². The molecule has 1 atom stereocenters. The van der Waals surface area contributed by atoms with Gasteiger partial charge >= 0.3 is 25.2 Å². The molecule has 10 nitrogen and oxygen atoms in total. The molecule has 0 aromatic heterocycles. The number of aliphatic carboxylic acids is 2. The minimum absolute atomic E-state index is 0.0793. The molecule has 12 heteroatoms. The van der Waals surface area contributed by atoms with Crippen LogP contribution >= 0.6 is 19.3 Å². The summed E-state index contributed by atoms with van der Waals surface area (Å²) in [5.74, 6) is -2.79. The molecule has 0 bridgehead atoms. The molecule has 0 aliphatic carbocycles. The van der Waals surface area contributed by atoms with Crippen LogP contribution in [0.3, 0.4) is 0 Å². The van der Waals surface area contributed by atoms with Crippen LogP contribution in [0.1, 0.15) is 16.8 Å². The lowest BCUT2D eigenvalue weighted by Crippen LogP contribution is -2.31. The van der Waals surface area contributed by atoms with E-state index in [9.17, 15) is 24.2 Å². The van der Waals surface area contributed by atoms with Crippen LogP contribution in [0.25, 0.3) is 0 Å². The van der Waals surface area contributed by atoms with Crippen molar-refractivity contribution < 1.29 is 43.9 Å². The monoisotopic (exact) mass is 410 g/mol. The van der Waals surface area contributed by atoms with Gasteiger partial charge in [-0.1, -0.05) is 11.6 Å². The molecule has 26 heavy (non-hydrogen) atoms. The van der Waals surface area contributed by atoms with E-state index in [1.54, 1.807) is 0 Å². The molecular weight excluding hydrogens is 393 g/mol.